The lowest BCUT2D eigenvalue weighted by Gasteiger charge is -2.25. The van der Waals surface area contributed by atoms with Crippen LogP contribution in [0, 0.1) is 34.3 Å². The van der Waals surface area contributed by atoms with E-state index in [-0.39, 0.29) is 11.6 Å². The zero-order valence-electron chi connectivity index (χ0n) is 18.8. The summed E-state index contributed by atoms with van der Waals surface area (Å²) >= 11 is 0. The van der Waals surface area contributed by atoms with Crippen molar-refractivity contribution in [1.82, 2.24) is 9.97 Å². The third kappa shape index (κ3) is 5.23. The molecule has 0 radical (unpaired) electrons. The highest BCUT2D eigenvalue weighted by Crippen LogP contribution is 2.34. The van der Waals surface area contributed by atoms with Crippen LogP contribution in [0.1, 0.15) is 24.5 Å². The second kappa shape index (κ2) is 10.4. The van der Waals surface area contributed by atoms with E-state index < -0.39 is 11.6 Å². The van der Waals surface area contributed by atoms with Gasteiger partial charge in [-0.1, -0.05) is 19.1 Å². The Morgan fingerprint density at radius 2 is 1.46 bits per heavy atom. The van der Waals surface area contributed by atoms with E-state index in [9.17, 15) is 0 Å². The summed E-state index contributed by atoms with van der Waals surface area (Å²) in [4.78, 5) is 10.1. The van der Waals surface area contributed by atoms with E-state index in [0.717, 1.165) is 0 Å². The highest BCUT2D eigenvalue weighted by Gasteiger charge is 2.21. The molecule has 3 aromatic carbocycles. The monoisotopic (exact) mass is 466 g/mol. The molecule has 0 aliphatic carbocycles. The minimum absolute atomic E-state index is 0.202. The molecule has 6 nitrogen and oxygen atoms in total. The predicted molar refractivity (Wildman–Crippen MR) is 130 cm³/mol. The minimum Gasteiger partial charge on any atom is -0.324 e. The van der Waals surface area contributed by atoms with E-state index in [0.29, 0.717) is 46.7 Å². The third-order valence-corrected chi connectivity index (χ3v) is 5.27. The number of rotatable bonds is 7. The number of hydrogen-bond acceptors (Lipinski definition) is 6. The van der Waals surface area contributed by atoms with Gasteiger partial charge in [-0.3, -0.25) is 0 Å². The van der Waals surface area contributed by atoms with E-state index in [1.165, 1.54) is 23.2 Å². The topological polar surface area (TPSA) is 88.6 Å². The normalized spacial score (nSPS) is 10.3. The Balaban J connectivity index is 1.67. The number of halogens is 2. The summed E-state index contributed by atoms with van der Waals surface area (Å²) in [6, 6.07) is 21.5. The Kier molecular flexibility index (Phi) is 6.94. The molecule has 4 aromatic rings. The van der Waals surface area contributed by atoms with Crippen molar-refractivity contribution in [2.75, 3.05) is 16.8 Å². The summed E-state index contributed by atoms with van der Waals surface area (Å²) in [5, 5.41) is 21.0. The summed E-state index contributed by atoms with van der Waals surface area (Å²) in [6.45, 7) is 2.24. The molecule has 0 spiro atoms. The zero-order chi connectivity index (χ0) is 24.8. The maximum Gasteiger partial charge on any atom is 0.229 e. The molecule has 0 unspecified atom stereocenters. The van der Waals surface area contributed by atoms with Gasteiger partial charge in [0.05, 0.1) is 23.3 Å². The SMILES string of the molecule is CCCN(c1ccnc(Nc2ccc(C#N)cc2)n1)c1c(F)cc(-c2ccc(C#N)cc2)cc1F. The molecule has 8 heteroatoms. The van der Waals surface area contributed by atoms with Crippen LogP contribution in [0.3, 0.4) is 0 Å². The van der Waals surface area contributed by atoms with E-state index in [2.05, 4.69) is 21.4 Å². The molecule has 0 aliphatic heterocycles. The molecule has 0 amide bonds. The standard InChI is InChI=1S/C27H20F2N6/c1-2-13-35(25-11-12-32-27(34-25)33-22-9-5-19(17-31)6-10-22)26-23(28)14-21(15-24(26)29)20-7-3-18(16-30)4-8-20/h3-12,14-15H,2,13H2,1H3,(H,32,33,34). The fourth-order valence-corrected chi connectivity index (χ4v) is 3.61. The number of anilines is 4. The molecule has 1 N–H and O–H groups in total. The second-order valence-corrected chi connectivity index (χ2v) is 7.68. The molecule has 0 saturated heterocycles. The Morgan fingerprint density at radius 1 is 0.857 bits per heavy atom. The largest absolute Gasteiger partial charge is 0.324 e. The number of nitrogens with one attached hydrogen (secondary N) is 1. The number of nitriles is 2. The van der Waals surface area contributed by atoms with Gasteiger partial charge in [0.1, 0.15) is 11.5 Å². The van der Waals surface area contributed by atoms with Gasteiger partial charge in [0.2, 0.25) is 5.95 Å². The van der Waals surface area contributed by atoms with Crippen LogP contribution in [0.25, 0.3) is 11.1 Å². The average molecular weight is 466 g/mol. The van der Waals surface area contributed by atoms with Crippen molar-refractivity contribution in [2.45, 2.75) is 13.3 Å². The molecule has 0 fully saturated rings. The molecule has 4 rings (SSSR count). The zero-order valence-corrected chi connectivity index (χ0v) is 18.8. The van der Waals surface area contributed by atoms with Crippen molar-refractivity contribution in [3.05, 3.63) is 95.7 Å². The van der Waals surface area contributed by atoms with Crippen molar-refractivity contribution in [3.63, 3.8) is 0 Å². The summed E-state index contributed by atoms with van der Waals surface area (Å²) in [7, 11) is 0. The van der Waals surface area contributed by atoms with E-state index >= 15 is 8.78 Å². The number of nitrogens with zero attached hydrogens (tertiary/aromatic N) is 5. The van der Waals surface area contributed by atoms with Crippen molar-refractivity contribution in [3.8, 4) is 23.3 Å². The lowest BCUT2D eigenvalue weighted by atomic mass is 10.0. The van der Waals surface area contributed by atoms with Gasteiger partial charge in [0, 0.05) is 18.4 Å². The predicted octanol–water partition coefficient (Wildman–Crippen LogP) is 6.46. The molecule has 1 heterocycles. The summed E-state index contributed by atoms with van der Waals surface area (Å²) in [6.07, 6.45) is 2.14. The number of aromatic nitrogens is 2. The van der Waals surface area contributed by atoms with Crippen LogP contribution in [0.5, 0.6) is 0 Å². The van der Waals surface area contributed by atoms with Gasteiger partial charge in [0.25, 0.3) is 0 Å². The molecule has 1 aromatic heterocycles. The van der Waals surface area contributed by atoms with Crippen LogP contribution >= 0.6 is 0 Å². The van der Waals surface area contributed by atoms with Crippen LogP contribution in [0.2, 0.25) is 0 Å². The first-order valence-corrected chi connectivity index (χ1v) is 10.9. The average Bonchev–Trinajstić information content (AvgIpc) is 2.88. The first kappa shape index (κ1) is 23.3. The van der Waals surface area contributed by atoms with Crippen LogP contribution in [0.15, 0.2) is 72.9 Å². The van der Waals surface area contributed by atoms with E-state index in [4.69, 9.17) is 10.5 Å². The van der Waals surface area contributed by atoms with E-state index in [1.54, 1.807) is 54.6 Å². The summed E-state index contributed by atoms with van der Waals surface area (Å²) in [5.74, 6) is -0.860. The highest BCUT2D eigenvalue weighted by atomic mass is 19.1. The number of hydrogen-bond donors (Lipinski definition) is 1. The lowest BCUT2D eigenvalue weighted by Crippen LogP contribution is -2.22. The Labute approximate surface area is 201 Å². The van der Waals surface area contributed by atoms with Crippen molar-refractivity contribution < 1.29 is 8.78 Å². The Hall–Kier alpha value is -4.82. The first-order chi connectivity index (χ1) is 17.0. The van der Waals surface area contributed by atoms with Gasteiger partial charge in [0.15, 0.2) is 11.6 Å². The molecule has 0 aliphatic rings. The summed E-state index contributed by atoms with van der Waals surface area (Å²) < 4.78 is 30.6. The molecule has 35 heavy (non-hydrogen) atoms. The highest BCUT2D eigenvalue weighted by molar-refractivity contribution is 5.71. The Bertz CT molecular complexity index is 1400. The second-order valence-electron chi connectivity index (χ2n) is 7.68. The molecule has 0 atom stereocenters. The minimum atomic E-state index is -0.724. The molecular weight excluding hydrogens is 446 g/mol. The molecule has 0 bridgehead atoms. The molecular formula is C27H20F2N6. The van der Waals surface area contributed by atoms with E-state index in [1.807, 2.05) is 13.0 Å². The first-order valence-electron chi connectivity index (χ1n) is 10.9. The van der Waals surface area contributed by atoms with Crippen LogP contribution in [-0.4, -0.2) is 16.5 Å². The van der Waals surface area contributed by atoms with Gasteiger partial charge >= 0.3 is 0 Å². The fraction of sp³-hybridized carbons (Fsp3) is 0.111. The number of benzene rings is 3. The maximum absolute atomic E-state index is 15.3. The van der Waals surface area contributed by atoms with Gasteiger partial charge in [-0.15, -0.1) is 0 Å². The van der Waals surface area contributed by atoms with Gasteiger partial charge in [-0.2, -0.15) is 15.5 Å². The quantitative estimate of drug-likeness (QED) is 0.336. The maximum atomic E-state index is 15.3. The van der Waals surface area contributed by atoms with Crippen molar-refractivity contribution in [2.24, 2.45) is 0 Å². The van der Waals surface area contributed by atoms with Crippen LogP contribution in [-0.2, 0) is 0 Å². The smallest absolute Gasteiger partial charge is 0.229 e. The van der Waals surface area contributed by atoms with Gasteiger partial charge in [-0.05, 0) is 72.1 Å². The fourth-order valence-electron chi connectivity index (χ4n) is 3.61. The van der Waals surface area contributed by atoms with Crippen molar-refractivity contribution >= 4 is 23.1 Å². The van der Waals surface area contributed by atoms with Gasteiger partial charge < -0.3 is 10.2 Å². The van der Waals surface area contributed by atoms with Crippen LogP contribution < -0.4 is 10.2 Å². The summed E-state index contributed by atoms with van der Waals surface area (Å²) in [5.41, 5.74) is 2.44. The molecule has 172 valence electrons. The lowest BCUT2D eigenvalue weighted by molar-refractivity contribution is 0.579. The Morgan fingerprint density at radius 3 is 2.03 bits per heavy atom. The van der Waals surface area contributed by atoms with Crippen LogP contribution in [0.4, 0.5) is 31.9 Å². The third-order valence-electron chi connectivity index (χ3n) is 5.27. The van der Waals surface area contributed by atoms with Crippen molar-refractivity contribution in [1.29, 1.82) is 10.5 Å². The molecule has 0 saturated carbocycles. The van der Waals surface area contributed by atoms with Gasteiger partial charge in [-0.25, -0.2) is 13.8 Å².